The second-order valence-electron chi connectivity index (χ2n) is 9.51. The van der Waals surface area contributed by atoms with Crippen molar-refractivity contribution in [3.8, 4) is 5.82 Å². The van der Waals surface area contributed by atoms with Crippen LogP contribution in [0.2, 0.25) is 0 Å². The molecule has 1 fully saturated rings. The van der Waals surface area contributed by atoms with E-state index in [1.54, 1.807) is 24.3 Å². The molecule has 1 aromatic carbocycles. The van der Waals surface area contributed by atoms with Gasteiger partial charge in [0.2, 0.25) is 0 Å². The minimum atomic E-state index is -4.46. The molecule has 2 aromatic heterocycles. The molecule has 1 aliphatic rings. The molecule has 1 unspecified atom stereocenters. The van der Waals surface area contributed by atoms with E-state index >= 15 is 0 Å². The highest BCUT2D eigenvalue weighted by molar-refractivity contribution is 5.94. The van der Waals surface area contributed by atoms with Gasteiger partial charge in [-0.05, 0) is 62.1 Å². The number of amides is 1. The van der Waals surface area contributed by atoms with Crippen molar-refractivity contribution < 1.29 is 27.9 Å². The molecule has 0 spiro atoms. The number of benzene rings is 1. The second kappa shape index (κ2) is 11.7. The molecular weight excluding hydrogens is 499 g/mol. The molecule has 3 aromatic rings. The number of halogens is 3. The van der Waals surface area contributed by atoms with E-state index in [0.29, 0.717) is 17.3 Å². The fraction of sp³-hybridized carbons (Fsp3) is 0.407. The summed E-state index contributed by atoms with van der Waals surface area (Å²) in [7, 11) is 0. The quantitative estimate of drug-likeness (QED) is 0.336. The van der Waals surface area contributed by atoms with Gasteiger partial charge >= 0.3 is 12.1 Å². The van der Waals surface area contributed by atoms with E-state index in [1.165, 1.54) is 17.2 Å². The first-order chi connectivity index (χ1) is 18.1. The highest BCUT2D eigenvalue weighted by atomic mass is 19.4. The van der Waals surface area contributed by atoms with Crippen LogP contribution in [0.5, 0.6) is 0 Å². The molecule has 0 aliphatic heterocycles. The summed E-state index contributed by atoms with van der Waals surface area (Å²) in [5, 5.41) is 19.5. The average molecular weight is 530 g/mol. The van der Waals surface area contributed by atoms with Crippen molar-refractivity contribution in [1.82, 2.24) is 20.1 Å². The minimum Gasteiger partial charge on any atom is -0.481 e. The lowest BCUT2D eigenvalue weighted by Gasteiger charge is -2.31. The number of aryl methyl sites for hydroxylation is 1. The monoisotopic (exact) mass is 529 g/mol. The van der Waals surface area contributed by atoms with Crippen LogP contribution >= 0.6 is 0 Å². The molecule has 1 amide bonds. The molecular formula is C27H30F3N5O3. The SMILES string of the molecule is Cc1nn(-c2ccc(C(F)(F)F)cn2)cc1C(Nc1ccc(C(=O)NCCC(=O)O)cc1)C1CCCCC1. The van der Waals surface area contributed by atoms with Gasteiger partial charge in [0.15, 0.2) is 5.82 Å². The van der Waals surface area contributed by atoms with Gasteiger partial charge in [-0.2, -0.15) is 18.3 Å². The lowest BCUT2D eigenvalue weighted by molar-refractivity contribution is -0.138. The van der Waals surface area contributed by atoms with Crippen molar-refractivity contribution in [3.05, 3.63) is 71.2 Å². The molecule has 2 heterocycles. The second-order valence-corrected chi connectivity index (χ2v) is 9.51. The van der Waals surface area contributed by atoms with Crippen molar-refractivity contribution >= 4 is 17.6 Å². The number of anilines is 1. The maximum Gasteiger partial charge on any atom is 0.417 e. The Morgan fingerprint density at radius 2 is 1.82 bits per heavy atom. The fourth-order valence-corrected chi connectivity index (χ4v) is 4.78. The lowest BCUT2D eigenvalue weighted by Crippen LogP contribution is -2.26. The minimum absolute atomic E-state index is 0.0506. The van der Waals surface area contributed by atoms with Gasteiger partial charge in [0.1, 0.15) is 0 Å². The van der Waals surface area contributed by atoms with E-state index in [-0.39, 0.29) is 24.9 Å². The third kappa shape index (κ3) is 6.70. The number of aromatic nitrogens is 3. The number of carboxylic acids is 1. The lowest BCUT2D eigenvalue weighted by atomic mass is 9.81. The Hall–Kier alpha value is -3.89. The van der Waals surface area contributed by atoms with Crippen LogP contribution in [0, 0.1) is 12.8 Å². The summed E-state index contributed by atoms with van der Waals surface area (Å²) in [6.45, 7) is 1.92. The number of carbonyl (C=O) groups is 2. The largest absolute Gasteiger partial charge is 0.481 e. The molecule has 1 saturated carbocycles. The molecule has 0 bridgehead atoms. The molecule has 1 atom stereocenters. The van der Waals surface area contributed by atoms with E-state index in [4.69, 9.17) is 5.11 Å². The number of nitrogens with one attached hydrogen (secondary N) is 2. The van der Waals surface area contributed by atoms with Crippen LogP contribution in [0.25, 0.3) is 5.82 Å². The molecule has 4 rings (SSSR count). The summed E-state index contributed by atoms with van der Waals surface area (Å²) in [5.41, 5.74) is 2.11. The van der Waals surface area contributed by atoms with Crippen LogP contribution in [0.1, 0.15) is 71.7 Å². The normalized spacial score (nSPS) is 15.2. The Balaban J connectivity index is 1.54. The first-order valence-corrected chi connectivity index (χ1v) is 12.6. The van der Waals surface area contributed by atoms with Crippen LogP contribution in [-0.2, 0) is 11.0 Å². The highest BCUT2D eigenvalue weighted by Gasteiger charge is 2.31. The number of carboxylic acid groups (broad SMARTS) is 1. The summed E-state index contributed by atoms with van der Waals surface area (Å²) in [4.78, 5) is 26.9. The number of alkyl halides is 3. The van der Waals surface area contributed by atoms with Gasteiger partial charge in [0.05, 0.1) is 23.7 Å². The number of nitrogens with zero attached hydrogens (tertiary/aromatic N) is 3. The molecule has 8 nitrogen and oxygen atoms in total. The number of rotatable bonds is 9. The van der Waals surface area contributed by atoms with Crippen molar-refractivity contribution in [1.29, 1.82) is 0 Å². The van der Waals surface area contributed by atoms with Gasteiger partial charge in [-0.1, -0.05) is 19.3 Å². The third-order valence-corrected chi connectivity index (χ3v) is 6.80. The first kappa shape index (κ1) is 27.2. The average Bonchev–Trinajstić information content (AvgIpc) is 3.28. The third-order valence-electron chi connectivity index (χ3n) is 6.80. The van der Waals surface area contributed by atoms with Crippen LogP contribution in [0.4, 0.5) is 18.9 Å². The smallest absolute Gasteiger partial charge is 0.417 e. The Morgan fingerprint density at radius 1 is 1.11 bits per heavy atom. The van der Waals surface area contributed by atoms with Gasteiger partial charge in [0.25, 0.3) is 5.91 Å². The van der Waals surface area contributed by atoms with Gasteiger partial charge in [-0.25, -0.2) is 9.67 Å². The Morgan fingerprint density at radius 3 is 2.42 bits per heavy atom. The molecule has 0 radical (unpaired) electrons. The molecule has 202 valence electrons. The van der Waals surface area contributed by atoms with Crippen molar-refractivity contribution in [2.75, 3.05) is 11.9 Å². The van der Waals surface area contributed by atoms with Gasteiger partial charge in [-0.3, -0.25) is 9.59 Å². The molecule has 11 heteroatoms. The van der Waals surface area contributed by atoms with E-state index in [9.17, 15) is 22.8 Å². The zero-order valence-corrected chi connectivity index (χ0v) is 21.0. The topological polar surface area (TPSA) is 109 Å². The molecule has 1 aliphatic carbocycles. The van der Waals surface area contributed by atoms with E-state index in [2.05, 4.69) is 20.7 Å². The molecule has 0 saturated heterocycles. The van der Waals surface area contributed by atoms with Gasteiger partial charge in [0, 0.05) is 35.8 Å². The van der Waals surface area contributed by atoms with Crippen LogP contribution in [-0.4, -0.2) is 38.3 Å². The zero-order valence-electron chi connectivity index (χ0n) is 21.0. The predicted octanol–water partition coefficient (Wildman–Crippen LogP) is 5.53. The summed E-state index contributed by atoms with van der Waals surface area (Å²) in [6, 6.07) is 9.18. The number of carbonyl (C=O) groups excluding carboxylic acids is 1. The molecule has 3 N–H and O–H groups in total. The Labute approximate surface area is 218 Å². The zero-order chi connectivity index (χ0) is 27.3. The Kier molecular flexibility index (Phi) is 8.33. The summed E-state index contributed by atoms with van der Waals surface area (Å²) < 4.78 is 40.3. The summed E-state index contributed by atoms with van der Waals surface area (Å²) in [6.07, 6.45) is 3.50. The van der Waals surface area contributed by atoms with Gasteiger partial charge in [-0.15, -0.1) is 0 Å². The predicted molar refractivity (Wildman–Crippen MR) is 135 cm³/mol. The maximum absolute atomic E-state index is 12.9. The van der Waals surface area contributed by atoms with E-state index < -0.39 is 17.7 Å². The Bertz CT molecular complexity index is 1250. The van der Waals surface area contributed by atoms with Crippen molar-refractivity contribution in [2.45, 2.75) is 57.7 Å². The fourth-order valence-electron chi connectivity index (χ4n) is 4.78. The molecule has 38 heavy (non-hydrogen) atoms. The van der Waals surface area contributed by atoms with Crippen LogP contribution in [0.15, 0.2) is 48.8 Å². The number of pyridine rings is 1. The van der Waals surface area contributed by atoms with E-state index in [1.807, 2.05) is 13.1 Å². The van der Waals surface area contributed by atoms with Crippen LogP contribution in [0.3, 0.4) is 0 Å². The standard InChI is InChI=1S/C27H30F3N5O3/c1-17-22(16-35(34-17)23-12-9-20(15-32-23)27(28,29)30)25(18-5-3-2-4-6-18)33-21-10-7-19(8-11-21)26(38)31-14-13-24(36)37/h7-12,15-16,18,25,33H,2-6,13-14H2,1H3,(H,31,38)(H,36,37). The summed E-state index contributed by atoms with van der Waals surface area (Å²) in [5.74, 6) is -0.693. The first-order valence-electron chi connectivity index (χ1n) is 12.6. The van der Waals surface area contributed by atoms with Crippen molar-refractivity contribution in [3.63, 3.8) is 0 Å². The van der Waals surface area contributed by atoms with Gasteiger partial charge < -0.3 is 15.7 Å². The summed E-state index contributed by atoms with van der Waals surface area (Å²) >= 11 is 0. The number of hydrogen-bond donors (Lipinski definition) is 3. The van der Waals surface area contributed by atoms with Crippen molar-refractivity contribution in [2.24, 2.45) is 5.92 Å². The number of hydrogen-bond acceptors (Lipinski definition) is 5. The van der Waals surface area contributed by atoms with Crippen LogP contribution < -0.4 is 10.6 Å². The van der Waals surface area contributed by atoms with E-state index in [0.717, 1.165) is 54.9 Å². The maximum atomic E-state index is 12.9. The highest BCUT2D eigenvalue weighted by Crippen LogP contribution is 2.38. The number of aliphatic carboxylic acids is 1.